The average Bonchev–Trinajstić information content (AvgIpc) is 2.37. The fourth-order valence-corrected chi connectivity index (χ4v) is 3.19. The predicted molar refractivity (Wildman–Crippen MR) is 74.7 cm³/mol. The quantitative estimate of drug-likeness (QED) is 0.922. The predicted octanol–water partition coefficient (Wildman–Crippen LogP) is 3.45. The van der Waals surface area contributed by atoms with Gasteiger partial charge in [-0.1, -0.05) is 0 Å². The Morgan fingerprint density at radius 3 is 2.72 bits per heavy atom. The summed E-state index contributed by atoms with van der Waals surface area (Å²) in [6.07, 6.45) is 3.19. The van der Waals surface area contributed by atoms with Gasteiger partial charge in [-0.15, -0.1) is 0 Å². The molecule has 2 rings (SSSR count). The Labute approximate surface area is 116 Å². The Balaban J connectivity index is 2.29. The van der Waals surface area contributed by atoms with Crippen LogP contribution in [0.1, 0.15) is 24.0 Å². The Kier molecular flexibility index (Phi) is 4.62. The molecule has 0 saturated carbocycles. The molecular formula is C14H19BrFNO. The van der Waals surface area contributed by atoms with Gasteiger partial charge < -0.3 is 10.1 Å². The van der Waals surface area contributed by atoms with Crippen LogP contribution >= 0.6 is 15.9 Å². The third kappa shape index (κ3) is 2.86. The lowest BCUT2D eigenvalue weighted by Crippen LogP contribution is -2.29. The molecule has 1 saturated heterocycles. The first kappa shape index (κ1) is 13.8. The standard InChI is InChI=1S/C14H19BrFNO/c1-9-11(7-10-3-5-17-6-4-10)14(18-2)12(15)8-13(9)16/h8,10,17H,3-7H2,1-2H3. The lowest BCUT2D eigenvalue weighted by atomic mass is 9.88. The van der Waals surface area contributed by atoms with Gasteiger partial charge in [0, 0.05) is 5.56 Å². The van der Waals surface area contributed by atoms with Crippen LogP contribution in [0.15, 0.2) is 10.5 Å². The third-order valence-corrected chi connectivity index (χ3v) is 4.30. The van der Waals surface area contributed by atoms with E-state index in [1.54, 1.807) is 7.11 Å². The molecule has 1 N–H and O–H groups in total. The van der Waals surface area contributed by atoms with Gasteiger partial charge in [0.15, 0.2) is 0 Å². The minimum atomic E-state index is -0.161. The smallest absolute Gasteiger partial charge is 0.136 e. The maximum absolute atomic E-state index is 13.8. The van der Waals surface area contributed by atoms with E-state index >= 15 is 0 Å². The molecule has 1 heterocycles. The number of methoxy groups -OCH3 is 1. The molecule has 1 fully saturated rings. The van der Waals surface area contributed by atoms with Crippen LogP contribution in [0.5, 0.6) is 5.75 Å². The SMILES string of the molecule is COc1c(Br)cc(F)c(C)c1CC1CCNCC1. The van der Waals surface area contributed by atoms with Crippen LogP contribution in [0.25, 0.3) is 0 Å². The molecule has 1 aliphatic heterocycles. The molecule has 1 aliphatic rings. The lowest BCUT2D eigenvalue weighted by Gasteiger charge is -2.24. The second kappa shape index (κ2) is 6.02. The summed E-state index contributed by atoms with van der Waals surface area (Å²) in [5.74, 6) is 1.24. The van der Waals surface area contributed by atoms with E-state index in [1.807, 2.05) is 6.92 Å². The summed E-state index contributed by atoms with van der Waals surface area (Å²) < 4.78 is 19.9. The highest BCUT2D eigenvalue weighted by Gasteiger charge is 2.20. The van der Waals surface area contributed by atoms with Gasteiger partial charge in [0.25, 0.3) is 0 Å². The van der Waals surface area contributed by atoms with Crippen LogP contribution < -0.4 is 10.1 Å². The number of hydrogen-bond donors (Lipinski definition) is 1. The largest absolute Gasteiger partial charge is 0.495 e. The zero-order valence-corrected chi connectivity index (χ0v) is 12.4. The summed E-state index contributed by atoms with van der Waals surface area (Å²) in [7, 11) is 1.64. The molecule has 0 unspecified atom stereocenters. The number of nitrogens with one attached hydrogen (secondary N) is 1. The van der Waals surface area contributed by atoms with Crippen molar-refractivity contribution in [1.82, 2.24) is 5.32 Å². The van der Waals surface area contributed by atoms with Gasteiger partial charge in [-0.3, -0.25) is 0 Å². The van der Waals surface area contributed by atoms with E-state index < -0.39 is 0 Å². The molecule has 1 aromatic carbocycles. The lowest BCUT2D eigenvalue weighted by molar-refractivity contribution is 0.358. The normalized spacial score (nSPS) is 16.9. The van der Waals surface area contributed by atoms with Crippen LogP contribution in [-0.2, 0) is 6.42 Å². The fourth-order valence-electron chi connectivity index (χ4n) is 2.58. The van der Waals surface area contributed by atoms with Gasteiger partial charge in [0.1, 0.15) is 11.6 Å². The highest BCUT2D eigenvalue weighted by Crippen LogP contribution is 2.35. The zero-order chi connectivity index (χ0) is 13.1. The van der Waals surface area contributed by atoms with Gasteiger partial charge in [-0.2, -0.15) is 0 Å². The van der Waals surface area contributed by atoms with Crippen LogP contribution in [0.2, 0.25) is 0 Å². The van der Waals surface area contributed by atoms with Crippen LogP contribution in [0, 0.1) is 18.7 Å². The van der Waals surface area contributed by atoms with E-state index in [0.29, 0.717) is 16.0 Å². The van der Waals surface area contributed by atoms with Crippen LogP contribution in [0.4, 0.5) is 4.39 Å². The molecule has 0 amide bonds. The first-order valence-electron chi connectivity index (χ1n) is 6.35. The summed E-state index contributed by atoms with van der Waals surface area (Å²) in [6, 6.07) is 1.49. The van der Waals surface area contributed by atoms with Crippen LogP contribution in [-0.4, -0.2) is 20.2 Å². The number of halogens is 2. The topological polar surface area (TPSA) is 21.3 Å². The molecule has 1 aromatic rings. The Morgan fingerprint density at radius 2 is 2.11 bits per heavy atom. The number of hydrogen-bond acceptors (Lipinski definition) is 2. The molecule has 0 aromatic heterocycles. The number of benzene rings is 1. The molecule has 0 spiro atoms. The van der Waals surface area contributed by atoms with E-state index in [1.165, 1.54) is 6.07 Å². The fraction of sp³-hybridized carbons (Fsp3) is 0.571. The number of piperidine rings is 1. The summed E-state index contributed by atoms with van der Waals surface area (Å²) in [5.41, 5.74) is 1.73. The molecule has 2 nitrogen and oxygen atoms in total. The van der Waals surface area contributed by atoms with Gasteiger partial charge in [0.05, 0.1) is 11.6 Å². The van der Waals surface area contributed by atoms with Crippen molar-refractivity contribution < 1.29 is 9.13 Å². The number of rotatable bonds is 3. The van der Waals surface area contributed by atoms with E-state index in [9.17, 15) is 4.39 Å². The molecular weight excluding hydrogens is 297 g/mol. The second-order valence-corrected chi connectivity index (χ2v) is 5.73. The minimum Gasteiger partial charge on any atom is -0.495 e. The Bertz CT molecular complexity index is 430. The molecule has 18 heavy (non-hydrogen) atoms. The second-order valence-electron chi connectivity index (χ2n) is 4.87. The van der Waals surface area contributed by atoms with E-state index in [0.717, 1.165) is 43.7 Å². The van der Waals surface area contributed by atoms with Crippen LogP contribution in [0.3, 0.4) is 0 Å². The van der Waals surface area contributed by atoms with Gasteiger partial charge >= 0.3 is 0 Å². The summed E-state index contributed by atoms with van der Waals surface area (Å²) in [4.78, 5) is 0. The zero-order valence-electron chi connectivity index (χ0n) is 10.9. The van der Waals surface area contributed by atoms with Crippen molar-refractivity contribution in [3.63, 3.8) is 0 Å². The van der Waals surface area contributed by atoms with E-state index in [4.69, 9.17) is 4.74 Å². The Morgan fingerprint density at radius 1 is 1.44 bits per heavy atom. The minimum absolute atomic E-state index is 0.161. The van der Waals surface area contributed by atoms with Gasteiger partial charge in [0.2, 0.25) is 0 Å². The monoisotopic (exact) mass is 315 g/mol. The summed E-state index contributed by atoms with van der Waals surface area (Å²) in [6.45, 7) is 3.95. The summed E-state index contributed by atoms with van der Waals surface area (Å²) in [5, 5.41) is 3.35. The van der Waals surface area contributed by atoms with Gasteiger partial charge in [-0.25, -0.2) is 4.39 Å². The molecule has 4 heteroatoms. The highest BCUT2D eigenvalue weighted by molar-refractivity contribution is 9.10. The Hall–Kier alpha value is -0.610. The maximum atomic E-state index is 13.8. The van der Waals surface area contributed by atoms with Crippen molar-refractivity contribution in [2.24, 2.45) is 5.92 Å². The first-order valence-corrected chi connectivity index (χ1v) is 7.15. The van der Waals surface area contributed by atoms with Crippen molar-refractivity contribution in [2.75, 3.05) is 20.2 Å². The van der Waals surface area contributed by atoms with E-state index in [2.05, 4.69) is 21.2 Å². The average molecular weight is 316 g/mol. The van der Waals surface area contributed by atoms with E-state index in [-0.39, 0.29) is 5.82 Å². The van der Waals surface area contributed by atoms with Crippen molar-refractivity contribution in [2.45, 2.75) is 26.2 Å². The van der Waals surface area contributed by atoms with Crippen molar-refractivity contribution in [3.05, 3.63) is 27.5 Å². The first-order chi connectivity index (χ1) is 8.63. The van der Waals surface area contributed by atoms with Gasteiger partial charge in [-0.05, 0) is 72.8 Å². The summed E-state index contributed by atoms with van der Waals surface area (Å²) >= 11 is 3.38. The molecule has 100 valence electrons. The number of ether oxygens (including phenoxy) is 1. The molecule has 0 radical (unpaired) electrons. The third-order valence-electron chi connectivity index (χ3n) is 3.71. The van der Waals surface area contributed by atoms with Crippen molar-refractivity contribution in [1.29, 1.82) is 0 Å². The van der Waals surface area contributed by atoms with Crippen molar-refractivity contribution in [3.8, 4) is 5.75 Å². The maximum Gasteiger partial charge on any atom is 0.136 e. The molecule has 0 aliphatic carbocycles. The highest BCUT2D eigenvalue weighted by atomic mass is 79.9. The van der Waals surface area contributed by atoms with Crippen molar-refractivity contribution >= 4 is 15.9 Å². The molecule has 0 bridgehead atoms. The molecule has 0 atom stereocenters.